The minimum Gasteiger partial charge on any atom is -0.493 e. The third kappa shape index (κ3) is 4.24. The third-order valence-corrected chi connectivity index (χ3v) is 3.92. The molecule has 3 aromatic rings. The van der Waals surface area contributed by atoms with E-state index >= 15 is 0 Å². The van der Waals surface area contributed by atoms with Gasteiger partial charge in [-0.1, -0.05) is 12.1 Å². The maximum absolute atomic E-state index is 13.3. The third-order valence-electron chi connectivity index (χ3n) is 3.92. The van der Waals surface area contributed by atoms with Gasteiger partial charge >= 0.3 is 17.3 Å². The van der Waals surface area contributed by atoms with Crippen LogP contribution in [-0.2, 0) is 9.53 Å². The van der Waals surface area contributed by atoms with Crippen LogP contribution in [-0.4, -0.2) is 30.5 Å². The number of methoxy groups -OCH3 is 1. The van der Waals surface area contributed by atoms with Crippen molar-refractivity contribution in [3.63, 3.8) is 0 Å². The quantitative estimate of drug-likeness (QED) is 0.280. The highest BCUT2D eigenvalue weighted by Crippen LogP contribution is 2.24. The van der Waals surface area contributed by atoms with Crippen LogP contribution < -0.4 is 15.7 Å². The minimum atomic E-state index is -1.10. The molecule has 30 heavy (non-hydrogen) atoms. The standard InChI is InChI=1S/C19H13FN2O8/c1-28-15-4-2-3-10-7-12(19(25)30-17(10)15)18(24)29-9-16(23)21-11-5-6-13(20)14(8-11)22(26)27/h2-8H,9H2,1H3,(H,21,23). The number of anilines is 1. The summed E-state index contributed by atoms with van der Waals surface area (Å²) < 4.78 is 28.3. The molecule has 0 saturated heterocycles. The summed E-state index contributed by atoms with van der Waals surface area (Å²) in [6, 6.07) is 8.78. The van der Waals surface area contributed by atoms with Gasteiger partial charge in [-0.15, -0.1) is 0 Å². The summed E-state index contributed by atoms with van der Waals surface area (Å²) >= 11 is 0. The molecule has 0 bridgehead atoms. The number of benzene rings is 2. The van der Waals surface area contributed by atoms with E-state index in [-0.39, 0.29) is 11.3 Å². The summed E-state index contributed by atoms with van der Waals surface area (Å²) in [6.45, 7) is -0.792. The number of carbonyl (C=O) groups is 2. The molecule has 0 fully saturated rings. The number of nitro benzene ring substituents is 1. The van der Waals surface area contributed by atoms with E-state index in [4.69, 9.17) is 13.9 Å². The van der Waals surface area contributed by atoms with Crippen LogP contribution >= 0.6 is 0 Å². The summed E-state index contributed by atoms with van der Waals surface area (Å²) in [4.78, 5) is 46.0. The van der Waals surface area contributed by atoms with E-state index in [2.05, 4.69) is 5.32 Å². The fourth-order valence-electron chi connectivity index (χ4n) is 2.56. The van der Waals surface area contributed by atoms with Crippen LogP contribution in [0.5, 0.6) is 5.75 Å². The topological polar surface area (TPSA) is 138 Å². The largest absolute Gasteiger partial charge is 0.493 e. The van der Waals surface area contributed by atoms with Crippen molar-refractivity contribution in [1.82, 2.24) is 0 Å². The zero-order valence-electron chi connectivity index (χ0n) is 15.3. The second-order valence-corrected chi connectivity index (χ2v) is 5.87. The van der Waals surface area contributed by atoms with Gasteiger partial charge in [0.1, 0.15) is 5.56 Å². The summed E-state index contributed by atoms with van der Waals surface area (Å²) in [6.07, 6.45) is 0. The number of para-hydroxylation sites is 1. The molecule has 0 atom stereocenters. The Kier molecular flexibility index (Phi) is 5.72. The first kappa shape index (κ1) is 20.5. The molecule has 0 aliphatic rings. The van der Waals surface area contributed by atoms with E-state index in [1.54, 1.807) is 18.2 Å². The Labute approximate surface area is 167 Å². The molecule has 3 rings (SSSR count). The zero-order chi connectivity index (χ0) is 21.8. The molecule has 0 aliphatic heterocycles. The fourth-order valence-corrected chi connectivity index (χ4v) is 2.56. The molecular weight excluding hydrogens is 403 g/mol. The van der Waals surface area contributed by atoms with Crippen molar-refractivity contribution in [1.29, 1.82) is 0 Å². The highest BCUT2D eigenvalue weighted by Gasteiger charge is 2.19. The number of fused-ring (bicyclic) bond motifs is 1. The Bertz CT molecular complexity index is 1220. The fraction of sp³-hybridized carbons (Fsp3) is 0.105. The Balaban J connectivity index is 1.70. The maximum atomic E-state index is 13.3. The van der Waals surface area contributed by atoms with Crippen LogP contribution in [0.25, 0.3) is 11.0 Å². The van der Waals surface area contributed by atoms with Crippen molar-refractivity contribution in [2.75, 3.05) is 19.0 Å². The van der Waals surface area contributed by atoms with Crippen molar-refractivity contribution in [2.24, 2.45) is 0 Å². The van der Waals surface area contributed by atoms with Crippen LogP contribution in [0, 0.1) is 15.9 Å². The van der Waals surface area contributed by atoms with Gasteiger partial charge in [-0.25, -0.2) is 9.59 Å². The number of nitrogens with one attached hydrogen (secondary N) is 1. The Morgan fingerprint density at radius 2 is 2.00 bits per heavy atom. The molecule has 0 radical (unpaired) electrons. The molecule has 2 aromatic carbocycles. The Morgan fingerprint density at radius 1 is 1.23 bits per heavy atom. The maximum Gasteiger partial charge on any atom is 0.351 e. The monoisotopic (exact) mass is 416 g/mol. The predicted octanol–water partition coefficient (Wildman–Crippen LogP) is 2.64. The first-order valence-electron chi connectivity index (χ1n) is 8.32. The Morgan fingerprint density at radius 3 is 2.70 bits per heavy atom. The van der Waals surface area contributed by atoms with Gasteiger partial charge in [0.2, 0.25) is 5.82 Å². The van der Waals surface area contributed by atoms with Crippen molar-refractivity contribution in [2.45, 2.75) is 0 Å². The lowest BCUT2D eigenvalue weighted by atomic mass is 10.2. The molecule has 0 spiro atoms. The number of carbonyl (C=O) groups excluding carboxylic acids is 2. The number of esters is 1. The van der Waals surface area contributed by atoms with E-state index in [0.29, 0.717) is 11.1 Å². The molecule has 0 aliphatic carbocycles. The minimum absolute atomic E-state index is 0.0681. The number of rotatable bonds is 6. The lowest BCUT2D eigenvalue weighted by Gasteiger charge is -2.07. The average molecular weight is 416 g/mol. The number of ether oxygens (including phenoxy) is 2. The van der Waals surface area contributed by atoms with Gasteiger partial charge in [0, 0.05) is 17.1 Å². The zero-order valence-corrected chi connectivity index (χ0v) is 15.3. The summed E-state index contributed by atoms with van der Waals surface area (Å²) in [5.74, 6) is -2.72. The number of nitrogens with zero attached hydrogens (tertiary/aromatic N) is 1. The number of halogens is 1. The molecule has 1 heterocycles. The molecule has 10 nitrogen and oxygen atoms in total. The number of hydrogen-bond donors (Lipinski definition) is 1. The van der Waals surface area contributed by atoms with Crippen molar-refractivity contribution in [3.05, 3.63) is 74.4 Å². The number of nitro groups is 1. The van der Waals surface area contributed by atoms with Crippen molar-refractivity contribution >= 4 is 34.2 Å². The summed E-state index contributed by atoms with van der Waals surface area (Å²) in [5.41, 5.74) is -2.15. The van der Waals surface area contributed by atoms with Gasteiger partial charge < -0.3 is 19.2 Å². The van der Waals surface area contributed by atoms with Crippen LogP contribution in [0.4, 0.5) is 15.8 Å². The normalized spacial score (nSPS) is 10.5. The molecule has 154 valence electrons. The number of hydrogen-bond acceptors (Lipinski definition) is 8. The molecule has 0 saturated carbocycles. The first-order chi connectivity index (χ1) is 14.3. The summed E-state index contributed by atoms with van der Waals surface area (Å²) in [5, 5.41) is 13.4. The summed E-state index contributed by atoms with van der Waals surface area (Å²) in [7, 11) is 1.39. The van der Waals surface area contributed by atoms with E-state index in [1.807, 2.05) is 0 Å². The van der Waals surface area contributed by atoms with E-state index in [0.717, 1.165) is 18.2 Å². The van der Waals surface area contributed by atoms with Gasteiger partial charge in [-0.05, 0) is 24.3 Å². The van der Waals surface area contributed by atoms with E-state index < -0.39 is 46.1 Å². The molecule has 1 N–H and O–H groups in total. The van der Waals surface area contributed by atoms with Gasteiger partial charge in [0.15, 0.2) is 17.9 Å². The van der Waals surface area contributed by atoms with Gasteiger partial charge in [0.25, 0.3) is 5.91 Å². The predicted molar refractivity (Wildman–Crippen MR) is 101 cm³/mol. The molecule has 1 aromatic heterocycles. The van der Waals surface area contributed by atoms with E-state index in [9.17, 15) is 28.9 Å². The highest BCUT2D eigenvalue weighted by molar-refractivity contribution is 5.97. The van der Waals surface area contributed by atoms with Crippen LogP contribution in [0.3, 0.4) is 0 Å². The van der Waals surface area contributed by atoms with Gasteiger partial charge in [-0.3, -0.25) is 14.9 Å². The molecule has 0 unspecified atom stereocenters. The smallest absolute Gasteiger partial charge is 0.351 e. The lowest BCUT2D eigenvalue weighted by molar-refractivity contribution is -0.387. The van der Waals surface area contributed by atoms with Gasteiger partial charge in [-0.2, -0.15) is 4.39 Å². The van der Waals surface area contributed by atoms with Crippen molar-refractivity contribution in [3.8, 4) is 5.75 Å². The van der Waals surface area contributed by atoms with Crippen LogP contribution in [0.1, 0.15) is 10.4 Å². The number of amides is 1. The second-order valence-electron chi connectivity index (χ2n) is 5.87. The molecular formula is C19H13FN2O8. The van der Waals surface area contributed by atoms with Crippen LogP contribution in [0.2, 0.25) is 0 Å². The highest BCUT2D eigenvalue weighted by atomic mass is 19.1. The van der Waals surface area contributed by atoms with Gasteiger partial charge in [0.05, 0.1) is 12.0 Å². The lowest BCUT2D eigenvalue weighted by Crippen LogP contribution is -2.23. The van der Waals surface area contributed by atoms with Crippen molar-refractivity contribution < 1.29 is 32.8 Å². The molecule has 1 amide bonds. The average Bonchev–Trinajstić information content (AvgIpc) is 2.72. The Hall–Kier alpha value is -4.28. The SMILES string of the molecule is COc1cccc2cc(C(=O)OCC(=O)Nc3ccc(F)c([N+](=O)[O-])c3)c(=O)oc12. The van der Waals surface area contributed by atoms with Crippen LogP contribution in [0.15, 0.2) is 51.7 Å². The van der Waals surface area contributed by atoms with E-state index in [1.165, 1.54) is 13.2 Å². The molecule has 11 heteroatoms. The second kappa shape index (κ2) is 8.39. The first-order valence-corrected chi connectivity index (χ1v) is 8.32.